The molecule has 2 atom stereocenters. The topological polar surface area (TPSA) is 53.4 Å². The van der Waals surface area contributed by atoms with Crippen LogP contribution in [0.4, 0.5) is 0 Å². The molecule has 1 fully saturated rings. The van der Waals surface area contributed by atoms with E-state index < -0.39 is 5.60 Å². The zero-order valence-electron chi connectivity index (χ0n) is 12.2. The first-order chi connectivity index (χ1) is 9.39. The number of amides is 1. The van der Waals surface area contributed by atoms with Crippen molar-refractivity contribution in [3.8, 4) is 0 Å². The highest BCUT2D eigenvalue weighted by Crippen LogP contribution is 2.30. The van der Waals surface area contributed by atoms with Crippen LogP contribution in [0.5, 0.6) is 0 Å². The van der Waals surface area contributed by atoms with Crippen molar-refractivity contribution in [3.63, 3.8) is 0 Å². The van der Waals surface area contributed by atoms with Crippen molar-refractivity contribution < 1.29 is 9.90 Å². The third-order valence-corrected chi connectivity index (χ3v) is 4.67. The van der Waals surface area contributed by atoms with Gasteiger partial charge in [-0.3, -0.25) is 4.79 Å². The molecule has 1 saturated heterocycles. The number of thioether (sulfide) groups is 1. The number of pyridine rings is 1. The first-order valence-electron chi connectivity index (χ1n) is 7.00. The smallest absolute Gasteiger partial charge is 0.236 e. The molecule has 2 heterocycles. The van der Waals surface area contributed by atoms with E-state index in [4.69, 9.17) is 0 Å². The predicted molar refractivity (Wildman–Crippen MR) is 80.6 cm³/mol. The number of aliphatic hydroxyl groups is 1. The lowest BCUT2D eigenvalue weighted by molar-refractivity contribution is -0.135. The highest BCUT2D eigenvalue weighted by atomic mass is 32.2. The van der Waals surface area contributed by atoms with Crippen molar-refractivity contribution in [2.45, 2.75) is 55.5 Å². The van der Waals surface area contributed by atoms with Gasteiger partial charge >= 0.3 is 0 Å². The number of aromatic nitrogens is 1. The minimum absolute atomic E-state index is 0.0817. The number of nitrogens with zero attached hydrogens (tertiary/aromatic N) is 2. The second-order valence-electron chi connectivity index (χ2n) is 5.77. The largest absolute Gasteiger partial charge is 0.388 e. The lowest BCUT2D eigenvalue weighted by atomic mass is 9.96. The number of likely N-dealkylation sites (tertiary alicyclic amines) is 1. The first-order valence-corrected chi connectivity index (χ1v) is 7.88. The standard InChI is InChI=1S/C15H22N2O2S/c1-11(20-13-8-4-5-9-16-13)14(18)17-10-6-7-12(17)15(2,3)19/h4-5,8-9,11-12,19H,6-7,10H2,1-3H3. The Kier molecular flexibility index (Phi) is 4.70. The normalized spacial score (nSPS) is 21.0. The molecule has 1 aromatic heterocycles. The molecule has 1 amide bonds. The Balaban J connectivity index is 2.03. The van der Waals surface area contributed by atoms with Crippen LogP contribution in [-0.4, -0.2) is 44.3 Å². The Morgan fingerprint density at radius 1 is 1.55 bits per heavy atom. The molecular weight excluding hydrogens is 272 g/mol. The minimum Gasteiger partial charge on any atom is -0.388 e. The molecule has 1 N–H and O–H groups in total. The fraction of sp³-hybridized carbons (Fsp3) is 0.600. The summed E-state index contributed by atoms with van der Waals surface area (Å²) in [6.45, 7) is 6.20. The molecule has 1 aromatic rings. The Labute approximate surface area is 124 Å². The maximum absolute atomic E-state index is 12.6. The number of carbonyl (C=O) groups excluding carboxylic acids is 1. The third kappa shape index (κ3) is 3.52. The fourth-order valence-electron chi connectivity index (χ4n) is 2.65. The van der Waals surface area contributed by atoms with Crippen LogP contribution in [0.15, 0.2) is 29.4 Å². The van der Waals surface area contributed by atoms with Gasteiger partial charge in [0.15, 0.2) is 0 Å². The fourth-order valence-corrected chi connectivity index (χ4v) is 3.52. The second-order valence-corrected chi connectivity index (χ2v) is 7.13. The van der Waals surface area contributed by atoms with E-state index in [1.807, 2.05) is 30.0 Å². The van der Waals surface area contributed by atoms with E-state index in [1.54, 1.807) is 20.0 Å². The van der Waals surface area contributed by atoms with E-state index >= 15 is 0 Å². The highest BCUT2D eigenvalue weighted by Gasteiger charge is 2.39. The number of carbonyl (C=O) groups is 1. The Hall–Kier alpha value is -1.07. The van der Waals surface area contributed by atoms with Crippen molar-refractivity contribution >= 4 is 17.7 Å². The monoisotopic (exact) mass is 294 g/mol. The number of hydrogen-bond acceptors (Lipinski definition) is 4. The molecule has 5 heteroatoms. The number of hydrogen-bond donors (Lipinski definition) is 1. The zero-order chi connectivity index (χ0) is 14.8. The van der Waals surface area contributed by atoms with Gasteiger partial charge in [-0.05, 0) is 45.7 Å². The lowest BCUT2D eigenvalue weighted by Gasteiger charge is -2.35. The van der Waals surface area contributed by atoms with Crippen LogP contribution in [0.2, 0.25) is 0 Å². The first kappa shape index (κ1) is 15.3. The summed E-state index contributed by atoms with van der Waals surface area (Å²) in [4.78, 5) is 18.6. The summed E-state index contributed by atoms with van der Waals surface area (Å²) < 4.78 is 0. The van der Waals surface area contributed by atoms with Crippen LogP contribution >= 0.6 is 11.8 Å². The molecule has 1 aliphatic rings. The van der Waals surface area contributed by atoms with Gasteiger partial charge in [-0.1, -0.05) is 17.8 Å². The van der Waals surface area contributed by atoms with E-state index in [-0.39, 0.29) is 17.2 Å². The number of rotatable bonds is 4. The molecule has 0 saturated carbocycles. The van der Waals surface area contributed by atoms with Crippen LogP contribution in [0.25, 0.3) is 0 Å². The minimum atomic E-state index is -0.846. The van der Waals surface area contributed by atoms with Crippen molar-refractivity contribution in [3.05, 3.63) is 24.4 Å². The van der Waals surface area contributed by atoms with Crippen LogP contribution < -0.4 is 0 Å². The van der Waals surface area contributed by atoms with Gasteiger partial charge in [-0.25, -0.2) is 4.98 Å². The summed E-state index contributed by atoms with van der Waals surface area (Å²) >= 11 is 1.47. The Morgan fingerprint density at radius 2 is 2.30 bits per heavy atom. The molecule has 4 nitrogen and oxygen atoms in total. The van der Waals surface area contributed by atoms with Gasteiger partial charge < -0.3 is 10.0 Å². The van der Waals surface area contributed by atoms with Gasteiger partial charge in [0.1, 0.15) is 0 Å². The van der Waals surface area contributed by atoms with E-state index in [0.717, 1.165) is 24.4 Å². The molecule has 0 bridgehead atoms. The average molecular weight is 294 g/mol. The van der Waals surface area contributed by atoms with Gasteiger partial charge in [0.25, 0.3) is 0 Å². The summed E-state index contributed by atoms with van der Waals surface area (Å²) in [6, 6.07) is 5.61. The molecule has 0 aliphatic carbocycles. The zero-order valence-corrected chi connectivity index (χ0v) is 13.1. The molecule has 2 rings (SSSR count). The molecule has 0 aromatic carbocycles. The van der Waals surface area contributed by atoms with Gasteiger partial charge in [0, 0.05) is 12.7 Å². The molecular formula is C15H22N2O2S. The van der Waals surface area contributed by atoms with Gasteiger partial charge in [-0.2, -0.15) is 0 Å². The van der Waals surface area contributed by atoms with Crippen molar-refractivity contribution in [2.24, 2.45) is 0 Å². The van der Waals surface area contributed by atoms with Gasteiger partial charge in [0.2, 0.25) is 5.91 Å². The Bertz CT molecular complexity index is 459. The van der Waals surface area contributed by atoms with Crippen LogP contribution in [-0.2, 0) is 4.79 Å². The lowest BCUT2D eigenvalue weighted by Crippen LogP contribution is -2.50. The average Bonchev–Trinajstić information content (AvgIpc) is 2.88. The molecule has 2 unspecified atom stereocenters. The summed E-state index contributed by atoms with van der Waals surface area (Å²) in [5, 5.41) is 10.9. The quantitative estimate of drug-likeness (QED) is 0.866. The predicted octanol–water partition coefficient (Wildman–Crippen LogP) is 2.32. The van der Waals surface area contributed by atoms with Crippen molar-refractivity contribution in [1.82, 2.24) is 9.88 Å². The molecule has 0 radical (unpaired) electrons. The van der Waals surface area contributed by atoms with Crippen LogP contribution in [0.1, 0.15) is 33.6 Å². The van der Waals surface area contributed by atoms with Crippen molar-refractivity contribution in [1.29, 1.82) is 0 Å². The maximum Gasteiger partial charge on any atom is 0.236 e. The molecule has 110 valence electrons. The van der Waals surface area contributed by atoms with E-state index in [9.17, 15) is 9.90 Å². The summed E-state index contributed by atoms with van der Waals surface area (Å²) in [7, 11) is 0. The van der Waals surface area contributed by atoms with Gasteiger partial charge in [0.05, 0.1) is 21.9 Å². The van der Waals surface area contributed by atoms with E-state index in [2.05, 4.69) is 4.98 Å². The molecule has 1 aliphatic heterocycles. The van der Waals surface area contributed by atoms with E-state index in [0.29, 0.717) is 0 Å². The molecule has 20 heavy (non-hydrogen) atoms. The third-order valence-electron chi connectivity index (χ3n) is 3.63. The van der Waals surface area contributed by atoms with E-state index in [1.165, 1.54) is 11.8 Å². The van der Waals surface area contributed by atoms with Crippen LogP contribution in [0, 0.1) is 0 Å². The highest BCUT2D eigenvalue weighted by molar-refractivity contribution is 8.00. The van der Waals surface area contributed by atoms with Gasteiger partial charge in [-0.15, -0.1) is 0 Å². The summed E-state index contributed by atoms with van der Waals surface area (Å²) in [5.74, 6) is 0.0882. The van der Waals surface area contributed by atoms with Crippen LogP contribution in [0.3, 0.4) is 0 Å². The summed E-state index contributed by atoms with van der Waals surface area (Å²) in [5.41, 5.74) is -0.846. The second kappa shape index (κ2) is 6.14. The molecule has 0 spiro atoms. The maximum atomic E-state index is 12.6. The Morgan fingerprint density at radius 3 is 2.90 bits per heavy atom. The summed E-state index contributed by atoms with van der Waals surface area (Å²) in [6.07, 6.45) is 3.56. The van der Waals surface area contributed by atoms with Crippen molar-refractivity contribution in [2.75, 3.05) is 6.54 Å². The SMILES string of the molecule is CC(Sc1ccccn1)C(=O)N1CCCC1C(C)(C)O.